The average molecular weight is 514 g/mol. The molecule has 0 aliphatic carbocycles. The van der Waals surface area contributed by atoms with E-state index in [1.165, 1.54) is 35.7 Å². The molecule has 0 bridgehead atoms. The number of nitrogens with one attached hydrogen (secondary N) is 3. The molecule has 0 atom stereocenters. The van der Waals surface area contributed by atoms with Gasteiger partial charge in [0.1, 0.15) is 17.2 Å². The summed E-state index contributed by atoms with van der Waals surface area (Å²) in [7, 11) is -2.33. The number of pyridine rings is 1. The number of aromatic amines is 1. The molecule has 9 nitrogen and oxygen atoms in total. The molecule has 3 N–H and O–H groups in total. The van der Waals surface area contributed by atoms with Crippen molar-refractivity contribution in [1.82, 2.24) is 14.3 Å². The molecule has 4 rings (SSSR count). The van der Waals surface area contributed by atoms with E-state index in [0.29, 0.717) is 31.9 Å². The topological polar surface area (TPSA) is 109 Å². The molecule has 0 radical (unpaired) electrons. The Bertz CT molecular complexity index is 1300. The van der Waals surface area contributed by atoms with Crippen LogP contribution in [0.1, 0.15) is 18.9 Å². The Morgan fingerprint density at radius 1 is 1.20 bits per heavy atom. The summed E-state index contributed by atoms with van der Waals surface area (Å²) in [6.45, 7) is 3.55. The smallest absolute Gasteiger partial charge is 0.418 e. The number of halogens is 3. The number of fused-ring (bicyclic) bond motifs is 1. The molecule has 3 heterocycles. The Labute approximate surface area is 200 Å². The van der Waals surface area contributed by atoms with E-state index in [0.717, 1.165) is 6.20 Å². The number of H-pyrrole nitrogens is 1. The van der Waals surface area contributed by atoms with Crippen LogP contribution >= 0.6 is 0 Å². The number of alkyl halides is 3. The van der Waals surface area contributed by atoms with Gasteiger partial charge in [0.15, 0.2) is 0 Å². The first kappa shape index (κ1) is 25.1. The van der Waals surface area contributed by atoms with Crippen LogP contribution < -0.4 is 15.4 Å². The van der Waals surface area contributed by atoms with Gasteiger partial charge in [-0.2, -0.15) is 17.5 Å². The lowest BCUT2D eigenvalue weighted by molar-refractivity contribution is -0.136. The first-order valence-electron chi connectivity index (χ1n) is 11.0. The Hall–Kier alpha value is -3.03. The highest BCUT2D eigenvalue weighted by atomic mass is 32.2. The minimum Gasteiger partial charge on any atom is -0.495 e. The van der Waals surface area contributed by atoms with E-state index in [1.807, 2.05) is 6.92 Å². The fourth-order valence-corrected chi connectivity index (χ4v) is 5.25. The summed E-state index contributed by atoms with van der Waals surface area (Å²) in [6.07, 6.45) is -2.93. The molecule has 1 aliphatic rings. The van der Waals surface area contributed by atoms with E-state index in [2.05, 4.69) is 20.6 Å². The normalized spacial score (nSPS) is 15.3. The monoisotopic (exact) mass is 513 g/mol. The third-order valence-corrected chi connectivity index (χ3v) is 7.45. The fraction of sp³-hybridized carbons (Fsp3) is 0.409. The van der Waals surface area contributed by atoms with Gasteiger partial charge in [-0.05, 0) is 18.6 Å². The van der Waals surface area contributed by atoms with Gasteiger partial charge in [0.2, 0.25) is 10.0 Å². The second kappa shape index (κ2) is 9.91. The van der Waals surface area contributed by atoms with Gasteiger partial charge in [0.05, 0.1) is 41.9 Å². The lowest BCUT2D eigenvalue weighted by Gasteiger charge is -2.26. The number of rotatable bonds is 8. The Morgan fingerprint density at radius 3 is 2.60 bits per heavy atom. The Balaban J connectivity index is 1.69. The zero-order chi connectivity index (χ0) is 25.2. The zero-order valence-electron chi connectivity index (χ0n) is 19.2. The summed E-state index contributed by atoms with van der Waals surface area (Å²) in [4.78, 5) is 6.95. The number of anilines is 3. The van der Waals surface area contributed by atoms with Crippen LogP contribution in [-0.2, 0) is 20.9 Å². The molecule has 0 saturated carbocycles. The van der Waals surface area contributed by atoms with Gasteiger partial charge in [-0.15, -0.1) is 0 Å². The zero-order valence-corrected chi connectivity index (χ0v) is 20.0. The SMILES string of the molecule is CCCNc1cc(Nc2ccc(S(=O)(=O)N3CCOCC3)cc2OC)nc2[nH]cc(C(F)(F)F)c12. The van der Waals surface area contributed by atoms with E-state index in [4.69, 9.17) is 9.47 Å². The number of ether oxygens (including phenoxy) is 2. The summed E-state index contributed by atoms with van der Waals surface area (Å²) >= 11 is 0. The molecule has 1 aromatic carbocycles. The highest BCUT2D eigenvalue weighted by molar-refractivity contribution is 7.89. The number of methoxy groups -OCH3 is 1. The number of benzene rings is 1. The second-order valence-electron chi connectivity index (χ2n) is 7.91. The summed E-state index contributed by atoms with van der Waals surface area (Å²) < 4.78 is 78.4. The predicted molar refractivity (Wildman–Crippen MR) is 126 cm³/mol. The molecule has 0 amide bonds. The Kier molecular flexibility index (Phi) is 7.10. The second-order valence-corrected chi connectivity index (χ2v) is 9.85. The van der Waals surface area contributed by atoms with Gasteiger partial charge in [0, 0.05) is 43.7 Å². The summed E-state index contributed by atoms with van der Waals surface area (Å²) in [5.41, 5.74) is -0.0606. The molecule has 35 heavy (non-hydrogen) atoms. The molecule has 13 heteroatoms. The molecular weight excluding hydrogens is 487 g/mol. The highest BCUT2D eigenvalue weighted by Gasteiger charge is 2.35. The lowest BCUT2D eigenvalue weighted by atomic mass is 10.1. The van der Waals surface area contributed by atoms with Crippen molar-refractivity contribution >= 4 is 38.2 Å². The maximum atomic E-state index is 13.5. The van der Waals surface area contributed by atoms with E-state index in [9.17, 15) is 21.6 Å². The average Bonchev–Trinajstić information content (AvgIpc) is 3.28. The first-order valence-corrected chi connectivity index (χ1v) is 12.4. The van der Waals surface area contributed by atoms with Crippen LogP contribution in [0.25, 0.3) is 11.0 Å². The minimum atomic E-state index is -4.54. The van der Waals surface area contributed by atoms with Crippen molar-refractivity contribution in [2.45, 2.75) is 24.4 Å². The van der Waals surface area contributed by atoms with Gasteiger partial charge in [0.25, 0.3) is 0 Å². The molecule has 0 spiro atoms. The molecule has 2 aromatic heterocycles. The van der Waals surface area contributed by atoms with Crippen molar-refractivity contribution < 1.29 is 31.1 Å². The first-order chi connectivity index (χ1) is 16.6. The molecule has 3 aromatic rings. The van der Waals surface area contributed by atoms with E-state index in [-0.39, 0.29) is 46.3 Å². The summed E-state index contributed by atoms with van der Waals surface area (Å²) in [5.74, 6) is 0.500. The lowest BCUT2D eigenvalue weighted by Crippen LogP contribution is -2.40. The van der Waals surface area contributed by atoms with Crippen molar-refractivity contribution in [3.8, 4) is 5.75 Å². The molecule has 0 unspecified atom stereocenters. The van der Waals surface area contributed by atoms with E-state index < -0.39 is 21.8 Å². The molecule has 1 aliphatic heterocycles. The summed E-state index contributed by atoms with van der Waals surface area (Å²) in [6, 6.07) is 5.87. The van der Waals surface area contributed by atoms with Gasteiger partial charge >= 0.3 is 6.18 Å². The molecule has 1 fully saturated rings. The van der Waals surface area contributed by atoms with E-state index >= 15 is 0 Å². The molecule has 1 saturated heterocycles. The van der Waals surface area contributed by atoms with Crippen LogP contribution in [0.4, 0.5) is 30.4 Å². The van der Waals surface area contributed by atoms with Crippen LogP contribution in [0.3, 0.4) is 0 Å². The molecular formula is C22H26F3N5O4S. The summed E-state index contributed by atoms with van der Waals surface area (Å²) in [5, 5.41) is 6.02. The van der Waals surface area contributed by atoms with E-state index in [1.54, 1.807) is 0 Å². The van der Waals surface area contributed by atoms with Gasteiger partial charge < -0.3 is 25.1 Å². The number of nitrogens with zero attached hydrogens (tertiary/aromatic N) is 2. The number of hydrogen-bond donors (Lipinski definition) is 3. The van der Waals surface area contributed by atoms with Crippen molar-refractivity contribution in [3.05, 3.63) is 36.0 Å². The van der Waals surface area contributed by atoms with Crippen LogP contribution in [0, 0.1) is 0 Å². The van der Waals surface area contributed by atoms with Crippen molar-refractivity contribution in [3.63, 3.8) is 0 Å². The van der Waals surface area contributed by atoms with Crippen molar-refractivity contribution in [2.24, 2.45) is 0 Å². The number of sulfonamides is 1. The van der Waals surface area contributed by atoms with Gasteiger partial charge in [-0.25, -0.2) is 13.4 Å². The highest BCUT2D eigenvalue weighted by Crippen LogP contribution is 2.39. The van der Waals surface area contributed by atoms with Crippen molar-refractivity contribution in [1.29, 1.82) is 0 Å². The van der Waals surface area contributed by atoms with Crippen LogP contribution in [0.15, 0.2) is 35.4 Å². The largest absolute Gasteiger partial charge is 0.495 e. The van der Waals surface area contributed by atoms with Crippen molar-refractivity contribution in [2.75, 3.05) is 50.6 Å². The Morgan fingerprint density at radius 2 is 1.94 bits per heavy atom. The number of morpholine rings is 1. The predicted octanol–water partition coefficient (Wildman–Crippen LogP) is 4.18. The van der Waals surface area contributed by atoms with Gasteiger partial charge in [-0.1, -0.05) is 6.92 Å². The number of aromatic nitrogens is 2. The van der Waals surface area contributed by atoms with Crippen LogP contribution in [0.2, 0.25) is 0 Å². The maximum absolute atomic E-state index is 13.5. The standard InChI is InChI=1S/C22H26F3N5O4S/c1-3-6-26-17-12-19(29-21-20(17)15(13-27-21)22(23,24)25)28-16-5-4-14(11-18(16)33-2)35(31,32)30-7-9-34-10-8-30/h4-5,11-13H,3,6-10H2,1-2H3,(H3,26,27,28,29). The number of hydrogen-bond acceptors (Lipinski definition) is 7. The molecule has 190 valence electrons. The van der Waals surface area contributed by atoms with Crippen LogP contribution in [0.5, 0.6) is 5.75 Å². The van der Waals surface area contributed by atoms with Crippen LogP contribution in [-0.4, -0.2) is 62.6 Å². The minimum absolute atomic E-state index is 0.0459. The quantitative estimate of drug-likeness (QED) is 0.415. The maximum Gasteiger partial charge on any atom is 0.418 e. The fourth-order valence-electron chi connectivity index (χ4n) is 3.83. The van der Waals surface area contributed by atoms with Gasteiger partial charge in [-0.3, -0.25) is 0 Å². The third-order valence-electron chi connectivity index (χ3n) is 5.56. The third kappa shape index (κ3) is 5.16.